The first kappa shape index (κ1) is 11.8. The summed E-state index contributed by atoms with van der Waals surface area (Å²) in [7, 11) is 0. The highest BCUT2D eigenvalue weighted by atomic mass is 19.3. The van der Waals surface area contributed by atoms with Crippen LogP contribution in [0, 0.1) is 0 Å². The summed E-state index contributed by atoms with van der Waals surface area (Å²) in [6.07, 6.45) is -2.43. The Hall–Kier alpha value is -2.22. The number of alkyl halides is 2. The lowest BCUT2D eigenvalue weighted by molar-refractivity contribution is 0.151. The van der Waals surface area contributed by atoms with Crippen LogP contribution in [0.15, 0.2) is 66.7 Å². The Morgan fingerprint density at radius 3 is 2.16 bits per heavy atom. The van der Waals surface area contributed by atoms with Gasteiger partial charge in [-0.25, -0.2) is 8.78 Å². The zero-order chi connectivity index (χ0) is 13.2. The molecule has 0 fully saturated rings. The summed E-state index contributed by atoms with van der Waals surface area (Å²) in [5.74, 6) is 0. The van der Waals surface area contributed by atoms with Gasteiger partial charge in [-0.15, -0.1) is 0 Å². The average molecular weight is 254 g/mol. The first-order valence-corrected chi connectivity index (χ1v) is 6.11. The number of hydrogen-bond donors (Lipinski definition) is 0. The molecule has 0 saturated carbocycles. The van der Waals surface area contributed by atoms with E-state index in [0.29, 0.717) is 0 Å². The molecule has 0 spiro atoms. The lowest BCUT2D eigenvalue weighted by Crippen LogP contribution is -1.85. The largest absolute Gasteiger partial charge is 0.263 e. The predicted octanol–water partition coefficient (Wildman–Crippen LogP) is 5.44. The smallest absolute Gasteiger partial charge is 0.205 e. The van der Waals surface area contributed by atoms with Crippen LogP contribution in [0.4, 0.5) is 8.78 Å². The van der Waals surface area contributed by atoms with Crippen LogP contribution in [-0.4, -0.2) is 0 Å². The molecule has 0 atom stereocenters. The molecule has 0 aliphatic heterocycles. The number of fused-ring (bicyclic) bond motifs is 1. The highest BCUT2D eigenvalue weighted by molar-refractivity contribution is 5.87. The van der Waals surface area contributed by atoms with Crippen LogP contribution in [-0.2, 0) is 0 Å². The fourth-order valence-electron chi connectivity index (χ4n) is 2.22. The van der Waals surface area contributed by atoms with Gasteiger partial charge in [0.2, 0.25) is 0 Å². The lowest BCUT2D eigenvalue weighted by atomic mass is 10.00. The van der Waals surface area contributed by atoms with Crippen molar-refractivity contribution in [3.8, 4) is 11.1 Å². The first-order chi connectivity index (χ1) is 9.24. The first-order valence-electron chi connectivity index (χ1n) is 6.11. The third kappa shape index (κ3) is 2.34. The summed E-state index contributed by atoms with van der Waals surface area (Å²) >= 11 is 0. The molecule has 0 amide bonds. The van der Waals surface area contributed by atoms with E-state index < -0.39 is 6.43 Å². The van der Waals surface area contributed by atoms with Crippen molar-refractivity contribution in [3.63, 3.8) is 0 Å². The standard InChI is InChI=1S/C17H12F2/c18-17(19)16-7-3-6-14(11-16)15-9-8-12-4-1-2-5-13(12)10-15/h1-11,17H. The van der Waals surface area contributed by atoms with E-state index in [4.69, 9.17) is 0 Å². The Morgan fingerprint density at radius 2 is 1.37 bits per heavy atom. The molecule has 0 nitrogen and oxygen atoms in total. The molecular weight excluding hydrogens is 242 g/mol. The zero-order valence-electron chi connectivity index (χ0n) is 10.2. The Balaban J connectivity index is 2.11. The number of rotatable bonds is 2. The second kappa shape index (κ2) is 4.81. The normalized spacial score (nSPS) is 11.1. The van der Waals surface area contributed by atoms with Gasteiger partial charge in [0, 0.05) is 5.56 Å². The van der Waals surface area contributed by atoms with Gasteiger partial charge in [-0.1, -0.05) is 54.6 Å². The van der Waals surface area contributed by atoms with Gasteiger partial charge in [0.25, 0.3) is 6.43 Å². The van der Waals surface area contributed by atoms with Crippen molar-refractivity contribution in [2.24, 2.45) is 0 Å². The molecule has 0 aromatic heterocycles. The van der Waals surface area contributed by atoms with Gasteiger partial charge in [0.15, 0.2) is 0 Å². The summed E-state index contributed by atoms with van der Waals surface area (Å²) < 4.78 is 25.4. The maximum atomic E-state index is 12.7. The van der Waals surface area contributed by atoms with Crippen LogP contribution in [0.1, 0.15) is 12.0 Å². The van der Waals surface area contributed by atoms with Crippen molar-refractivity contribution in [3.05, 3.63) is 72.3 Å². The van der Waals surface area contributed by atoms with E-state index in [1.54, 1.807) is 12.1 Å². The SMILES string of the molecule is FC(F)c1cccc(-c2ccc3ccccc3c2)c1. The zero-order valence-corrected chi connectivity index (χ0v) is 10.2. The fraction of sp³-hybridized carbons (Fsp3) is 0.0588. The maximum Gasteiger partial charge on any atom is 0.263 e. The van der Waals surface area contributed by atoms with E-state index in [1.807, 2.05) is 48.5 Å². The van der Waals surface area contributed by atoms with Crippen molar-refractivity contribution < 1.29 is 8.78 Å². The molecule has 0 aliphatic rings. The number of benzene rings is 3. The molecule has 2 heteroatoms. The predicted molar refractivity (Wildman–Crippen MR) is 74.3 cm³/mol. The summed E-state index contributed by atoms with van der Waals surface area (Å²) in [6.45, 7) is 0. The Labute approximate surface area is 110 Å². The van der Waals surface area contributed by atoms with E-state index in [2.05, 4.69) is 0 Å². The van der Waals surface area contributed by atoms with Crippen molar-refractivity contribution in [1.82, 2.24) is 0 Å². The van der Waals surface area contributed by atoms with Gasteiger partial charge in [0.1, 0.15) is 0 Å². The van der Waals surface area contributed by atoms with E-state index in [9.17, 15) is 8.78 Å². The molecule has 3 rings (SSSR count). The summed E-state index contributed by atoms with van der Waals surface area (Å²) in [5.41, 5.74) is 1.84. The van der Waals surface area contributed by atoms with Gasteiger partial charge in [-0.3, -0.25) is 0 Å². The van der Waals surface area contributed by atoms with E-state index in [1.165, 1.54) is 6.07 Å². The number of halogens is 2. The van der Waals surface area contributed by atoms with Crippen LogP contribution in [0.25, 0.3) is 21.9 Å². The molecule has 0 saturated heterocycles. The summed E-state index contributed by atoms with van der Waals surface area (Å²) in [5, 5.41) is 2.26. The van der Waals surface area contributed by atoms with Crippen molar-refractivity contribution in [2.45, 2.75) is 6.43 Å². The van der Waals surface area contributed by atoms with Gasteiger partial charge in [-0.05, 0) is 34.0 Å². The molecule has 0 radical (unpaired) electrons. The van der Waals surface area contributed by atoms with E-state index in [0.717, 1.165) is 21.9 Å². The molecule has 0 heterocycles. The van der Waals surface area contributed by atoms with Crippen LogP contribution in [0.3, 0.4) is 0 Å². The van der Waals surface area contributed by atoms with E-state index >= 15 is 0 Å². The van der Waals surface area contributed by atoms with Gasteiger partial charge < -0.3 is 0 Å². The molecule has 0 unspecified atom stereocenters. The molecule has 19 heavy (non-hydrogen) atoms. The Kier molecular flexibility index (Phi) is 3.00. The van der Waals surface area contributed by atoms with Gasteiger partial charge >= 0.3 is 0 Å². The molecule has 3 aromatic carbocycles. The molecule has 0 aliphatic carbocycles. The van der Waals surface area contributed by atoms with Crippen LogP contribution >= 0.6 is 0 Å². The quantitative estimate of drug-likeness (QED) is 0.571. The minimum Gasteiger partial charge on any atom is -0.205 e. The highest BCUT2D eigenvalue weighted by Gasteiger charge is 2.08. The lowest BCUT2D eigenvalue weighted by Gasteiger charge is -2.06. The monoisotopic (exact) mass is 254 g/mol. The van der Waals surface area contributed by atoms with Crippen LogP contribution < -0.4 is 0 Å². The minimum absolute atomic E-state index is 0.0608. The maximum absolute atomic E-state index is 12.7. The van der Waals surface area contributed by atoms with Crippen molar-refractivity contribution in [1.29, 1.82) is 0 Å². The molecule has 3 aromatic rings. The Morgan fingerprint density at radius 1 is 0.632 bits per heavy atom. The Bertz CT molecular complexity index is 717. The molecule has 0 N–H and O–H groups in total. The van der Waals surface area contributed by atoms with Crippen molar-refractivity contribution >= 4 is 10.8 Å². The van der Waals surface area contributed by atoms with Gasteiger partial charge in [-0.2, -0.15) is 0 Å². The van der Waals surface area contributed by atoms with E-state index in [-0.39, 0.29) is 5.56 Å². The third-order valence-corrected chi connectivity index (χ3v) is 3.22. The fourth-order valence-corrected chi connectivity index (χ4v) is 2.22. The molecule has 0 bridgehead atoms. The van der Waals surface area contributed by atoms with Crippen LogP contribution in [0.2, 0.25) is 0 Å². The molecular formula is C17H12F2. The third-order valence-electron chi connectivity index (χ3n) is 3.22. The van der Waals surface area contributed by atoms with Crippen LogP contribution in [0.5, 0.6) is 0 Å². The molecule has 94 valence electrons. The second-order valence-corrected chi connectivity index (χ2v) is 4.49. The van der Waals surface area contributed by atoms with Crippen molar-refractivity contribution in [2.75, 3.05) is 0 Å². The highest BCUT2D eigenvalue weighted by Crippen LogP contribution is 2.28. The number of hydrogen-bond acceptors (Lipinski definition) is 0. The minimum atomic E-state index is -2.43. The summed E-state index contributed by atoms with van der Waals surface area (Å²) in [4.78, 5) is 0. The summed E-state index contributed by atoms with van der Waals surface area (Å²) in [6, 6.07) is 20.6. The average Bonchev–Trinajstić information content (AvgIpc) is 2.47. The topological polar surface area (TPSA) is 0 Å². The second-order valence-electron chi connectivity index (χ2n) is 4.49. The van der Waals surface area contributed by atoms with Gasteiger partial charge in [0.05, 0.1) is 0 Å².